The Morgan fingerprint density at radius 2 is 1.86 bits per heavy atom. The molecular weight excluding hydrogens is 278 g/mol. The average molecular weight is 300 g/mol. The highest BCUT2D eigenvalue weighted by atomic mass is 19.3. The zero-order chi connectivity index (χ0) is 15.9. The Morgan fingerprint density at radius 1 is 1.24 bits per heavy atom. The van der Waals surface area contributed by atoms with E-state index < -0.39 is 6.61 Å². The van der Waals surface area contributed by atoms with Crippen molar-refractivity contribution in [3.63, 3.8) is 0 Å². The van der Waals surface area contributed by atoms with Crippen molar-refractivity contribution < 1.29 is 18.3 Å². The van der Waals surface area contributed by atoms with Crippen LogP contribution < -0.4 is 15.4 Å². The van der Waals surface area contributed by atoms with E-state index in [9.17, 15) is 13.6 Å². The smallest absolute Gasteiger partial charge is 0.387 e. The van der Waals surface area contributed by atoms with E-state index in [2.05, 4.69) is 15.4 Å². The molecule has 2 N–H and O–H groups in total. The first-order chi connectivity index (χ1) is 9.76. The largest absolute Gasteiger partial charge is 0.435 e. The van der Waals surface area contributed by atoms with Crippen molar-refractivity contribution in [1.29, 1.82) is 0 Å². The molecule has 21 heavy (non-hydrogen) atoms. The number of ether oxygens (including phenoxy) is 1. The second kappa shape index (κ2) is 7.93. The molecule has 1 amide bonds. The summed E-state index contributed by atoms with van der Waals surface area (Å²) in [6, 6.07) is 6.19. The highest BCUT2D eigenvalue weighted by Crippen LogP contribution is 2.14. The molecule has 0 aromatic heterocycles. The number of hydrogen-bond donors (Lipinski definition) is 2. The standard InChI is InChI=1S/C15H22F2N2O2/c1-15(2,3)19-9-8-13(20)18-10-11-4-6-12(7-5-11)21-14(16)17/h4-7,14,19H,8-10H2,1-3H3,(H,18,20). The van der Waals surface area contributed by atoms with Gasteiger partial charge in [-0.25, -0.2) is 0 Å². The van der Waals surface area contributed by atoms with Gasteiger partial charge in [-0.2, -0.15) is 8.78 Å². The summed E-state index contributed by atoms with van der Waals surface area (Å²) in [6.45, 7) is 4.25. The fraction of sp³-hybridized carbons (Fsp3) is 0.533. The molecule has 0 spiro atoms. The minimum absolute atomic E-state index is 0.0131. The summed E-state index contributed by atoms with van der Waals surface area (Å²) in [7, 11) is 0. The molecule has 4 nitrogen and oxygen atoms in total. The fourth-order valence-electron chi connectivity index (χ4n) is 1.63. The average Bonchev–Trinajstić information content (AvgIpc) is 2.36. The van der Waals surface area contributed by atoms with E-state index in [0.29, 0.717) is 19.5 Å². The van der Waals surface area contributed by atoms with Gasteiger partial charge in [0.05, 0.1) is 0 Å². The summed E-state index contributed by atoms with van der Waals surface area (Å²) in [4.78, 5) is 11.6. The second-order valence-corrected chi connectivity index (χ2v) is 5.73. The molecule has 0 aliphatic rings. The van der Waals surface area contributed by atoms with Crippen LogP contribution in [-0.2, 0) is 11.3 Å². The van der Waals surface area contributed by atoms with Crippen molar-refractivity contribution in [1.82, 2.24) is 10.6 Å². The third kappa shape index (κ3) is 8.24. The summed E-state index contributed by atoms with van der Waals surface area (Å²) in [5, 5.41) is 6.01. The van der Waals surface area contributed by atoms with Gasteiger partial charge in [-0.1, -0.05) is 12.1 Å². The molecule has 0 aliphatic carbocycles. The zero-order valence-electron chi connectivity index (χ0n) is 12.6. The van der Waals surface area contributed by atoms with Crippen LogP contribution in [0.2, 0.25) is 0 Å². The maximum absolute atomic E-state index is 12.0. The minimum Gasteiger partial charge on any atom is -0.435 e. The first-order valence-corrected chi connectivity index (χ1v) is 6.82. The number of alkyl halides is 2. The van der Waals surface area contributed by atoms with Gasteiger partial charge in [-0.05, 0) is 38.5 Å². The number of rotatable bonds is 7. The lowest BCUT2D eigenvalue weighted by atomic mass is 10.1. The van der Waals surface area contributed by atoms with Crippen molar-refractivity contribution >= 4 is 5.91 Å². The van der Waals surface area contributed by atoms with Crippen LogP contribution in [0, 0.1) is 0 Å². The lowest BCUT2D eigenvalue weighted by Gasteiger charge is -2.20. The predicted molar refractivity (Wildman–Crippen MR) is 77.3 cm³/mol. The Kier molecular flexibility index (Phi) is 6.55. The maximum atomic E-state index is 12.0. The quantitative estimate of drug-likeness (QED) is 0.814. The van der Waals surface area contributed by atoms with E-state index in [-0.39, 0.29) is 17.2 Å². The number of benzene rings is 1. The van der Waals surface area contributed by atoms with Crippen LogP contribution in [0.25, 0.3) is 0 Å². The van der Waals surface area contributed by atoms with Crippen molar-refractivity contribution in [3.05, 3.63) is 29.8 Å². The molecule has 1 aromatic carbocycles. The van der Waals surface area contributed by atoms with Crippen LogP contribution in [0.1, 0.15) is 32.8 Å². The van der Waals surface area contributed by atoms with Gasteiger partial charge in [0, 0.05) is 25.0 Å². The molecule has 0 heterocycles. The number of carbonyl (C=O) groups is 1. The fourth-order valence-corrected chi connectivity index (χ4v) is 1.63. The van der Waals surface area contributed by atoms with Gasteiger partial charge in [0.2, 0.25) is 5.91 Å². The van der Waals surface area contributed by atoms with Crippen molar-refractivity contribution in [2.75, 3.05) is 6.54 Å². The van der Waals surface area contributed by atoms with E-state index in [1.807, 2.05) is 20.8 Å². The number of carbonyl (C=O) groups excluding carboxylic acids is 1. The van der Waals surface area contributed by atoms with Gasteiger partial charge in [0.25, 0.3) is 0 Å². The van der Waals surface area contributed by atoms with Crippen LogP contribution in [0.4, 0.5) is 8.78 Å². The van der Waals surface area contributed by atoms with E-state index in [1.165, 1.54) is 12.1 Å². The number of halogens is 2. The lowest BCUT2D eigenvalue weighted by molar-refractivity contribution is -0.121. The second-order valence-electron chi connectivity index (χ2n) is 5.73. The molecule has 1 aromatic rings. The number of hydrogen-bond acceptors (Lipinski definition) is 3. The summed E-state index contributed by atoms with van der Waals surface area (Å²) in [5.74, 6) is 0.0501. The van der Waals surface area contributed by atoms with Crippen LogP contribution in [0.5, 0.6) is 5.75 Å². The zero-order valence-corrected chi connectivity index (χ0v) is 12.6. The molecule has 0 bridgehead atoms. The summed E-state index contributed by atoms with van der Waals surface area (Å²) in [6.07, 6.45) is 0.393. The molecule has 0 fully saturated rings. The van der Waals surface area contributed by atoms with Crippen LogP contribution in [0.15, 0.2) is 24.3 Å². The summed E-state index contributed by atoms with van der Waals surface area (Å²) < 4.78 is 28.2. The van der Waals surface area contributed by atoms with E-state index in [1.54, 1.807) is 12.1 Å². The molecule has 0 unspecified atom stereocenters. The Bertz CT molecular complexity index is 442. The van der Waals surface area contributed by atoms with E-state index in [4.69, 9.17) is 0 Å². The van der Waals surface area contributed by atoms with Crippen molar-refractivity contribution in [3.8, 4) is 5.75 Å². The molecule has 118 valence electrons. The molecule has 0 radical (unpaired) electrons. The van der Waals surface area contributed by atoms with Gasteiger partial charge in [0.15, 0.2) is 0 Å². The van der Waals surface area contributed by atoms with Crippen LogP contribution in [-0.4, -0.2) is 24.6 Å². The lowest BCUT2D eigenvalue weighted by Crippen LogP contribution is -2.38. The highest BCUT2D eigenvalue weighted by Gasteiger charge is 2.09. The van der Waals surface area contributed by atoms with Crippen molar-refractivity contribution in [2.45, 2.75) is 45.9 Å². The van der Waals surface area contributed by atoms with Gasteiger partial charge < -0.3 is 15.4 Å². The van der Waals surface area contributed by atoms with Gasteiger partial charge in [-0.15, -0.1) is 0 Å². The van der Waals surface area contributed by atoms with Gasteiger partial charge in [0.1, 0.15) is 5.75 Å². The normalized spacial score (nSPS) is 11.5. The van der Waals surface area contributed by atoms with Crippen LogP contribution >= 0.6 is 0 Å². The van der Waals surface area contributed by atoms with Crippen LogP contribution in [0.3, 0.4) is 0 Å². The maximum Gasteiger partial charge on any atom is 0.387 e. The molecule has 0 saturated heterocycles. The Labute approximate surface area is 123 Å². The number of amides is 1. The SMILES string of the molecule is CC(C)(C)NCCC(=O)NCc1ccc(OC(F)F)cc1. The minimum atomic E-state index is -2.83. The predicted octanol–water partition coefficient (Wildman–Crippen LogP) is 2.68. The third-order valence-corrected chi connectivity index (χ3v) is 2.65. The number of nitrogens with one attached hydrogen (secondary N) is 2. The third-order valence-electron chi connectivity index (χ3n) is 2.65. The molecule has 6 heteroatoms. The summed E-state index contributed by atoms with van der Waals surface area (Å²) in [5.41, 5.74) is 0.814. The van der Waals surface area contributed by atoms with Gasteiger partial charge >= 0.3 is 6.61 Å². The topological polar surface area (TPSA) is 50.4 Å². The molecule has 0 atom stereocenters. The van der Waals surface area contributed by atoms with Crippen molar-refractivity contribution in [2.24, 2.45) is 0 Å². The first-order valence-electron chi connectivity index (χ1n) is 6.82. The molecule has 0 aliphatic heterocycles. The summed E-state index contributed by atoms with van der Waals surface area (Å²) >= 11 is 0. The first kappa shape index (κ1) is 17.4. The Balaban J connectivity index is 2.29. The Morgan fingerprint density at radius 3 is 2.38 bits per heavy atom. The monoisotopic (exact) mass is 300 g/mol. The van der Waals surface area contributed by atoms with Gasteiger partial charge in [-0.3, -0.25) is 4.79 Å². The molecule has 0 saturated carbocycles. The highest BCUT2D eigenvalue weighted by molar-refractivity contribution is 5.76. The molecule has 1 rings (SSSR count). The Hall–Kier alpha value is -1.69. The van der Waals surface area contributed by atoms with E-state index >= 15 is 0 Å². The van der Waals surface area contributed by atoms with E-state index in [0.717, 1.165) is 5.56 Å². The molecular formula is C15H22F2N2O2.